The third-order valence-electron chi connectivity index (χ3n) is 3.87. The molecule has 0 radical (unpaired) electrons. The molecule has 4 nitrogen and oxygen atoms in total. The lowest BCUT2D eigenvalue weighted by atomic mass is 10.1. The quantitative estimate of drug-likeness (QED) is 0.827. The summed E-state index contributed by atoms with van der Waals surface area (Å²) in [5, 5.41) is 3.40. The van der Waals surface area contributed by atoms with Gasteiger partial charge in [0.15, 0.2) is 0 Å². The van der Waals surface area contributed by atoms with Crippen LogP contribution in [0.4, 0.5) is 11.6 Å². The molecule has 1 aromatic heterocycles. The molecule has 1 saturated heterocycles. The fourth-order valence-corrected chi connectivity index (χ4v) is 2.72. The molecule has 3 rings (SSSR count). The van der Waals surface area contributed by atoms with E-state index in [1.165, 1.54) is 18.4 Å². The second kappa shape index (κ2) is 7.07. The Kier molecular flexibility index (Phi) is 4.66. The molecule has 4 heteroatoms. The number of hydrogen-bond acceptors (Lipinski definition) is 4. The summed E-state index contributed by atoms with van der Waals surface area (Å²) in [6, 6.07) is 12.7. The van der Waals surface area contributed by atoms with Crippen LogP contribution in [0.5, 0.6) is 0 Å². The van der Waals surface area contributed by atoms with Crippen LogP contribution in [-0.4, -0.2) is 29.6 Å². The van der Waals surface area contributed by atoms with Crippen molar-refractivity contribution in [3.05, 3.63) is 48.3 Å². The summed E-state index contributed by atoms with van der Waals surface area (Å²) in [5.41, 5.74) is 1.39. The minimum atomic E-state index is 0.931. The number of aromatic nitrogens is 2. The topological polar surface area (TPSA) is 41.0 Å². The maximum Gasteiger partial charge on any atom is 0.134 e. The van der Waals surface area contributed by atoms with Gasteiger partial charge in [-0.3, -0.25) is 0 Å². The number of hydrogen-bond donors (Lipinski definition) is 1. The van der Waals surface area contributed by atoms with Gasteiger partial charge < -0.3 is 10.2 Å². The van der Waals surface area contributed by atoms with E-state index in [1.807, 2.05) is 0 Å². The summed E-state index contributed by atoms with van der Waals surface area (Å²) in [6.07, 6.45) is 6.39. The van der Waals surface area contributed by atoms with E-state index in [1.54, 1.807) is 6.33 Å². The molecule has 0 amide bonds. The van der Waals surface area contributed by atoms with Crippen molar-refractivity contribution in [2.45, 2.75) is 25.7 Å². The molecule has 0 spiro atoms. The zero-order valence-electron chi connectivity index (χ0n) is 12.3. The van der Waals surface area contributed by atoms with E-state index < -0.39 is 0 Å². The predicted molar refractivity (Wildman–Crippen MR) is 86.7 cm³/mol. The first-order valence-corrected chi connectivity index (χ1v) is 7.76. The normalized spacial score (nSPS) is 14.4. The van der Waals surface area contributed by atoms with Crippen LogP contribution >= 0.6 is 0 Å². The Bertz CT molecular complexity index is 550. The minimum absolute atomic E-state index is 0.931. The van der Waals surface area contributed by atoms with Crippen LogP contribution in [0.2, 0.25) is 0 Å². The lowest BCUT2D eigenvalue weighted by molar-refractivity contribution is 0.856. The maximum atomic E-state index is 4.37. The van der Waals surface area contributed by atoms with Crippen molar-refractivity contribution < 1.29 is 0 Å². The van der Waals surface area contributed by atoms with E-state index in [0.29, 0.717) is 0 Å². The van der Waals surface area contributed by atoms with Gasteiger partial charge in [0.05, 0.1) is 0 Å². The molecule has 0 bridgehead atoms. The van der Waals surface area contributed by atoms with Crippen molar-refractivity contribution in [1.82, 2.24) is 9.97 Å². The maximum absolute atomic E-state index is 4.37. The lowest BCUT2D eigenvalue weighted by Gasteiger charge is -2.16. The van der Waals surface area contributed by atoms with Crippen molar-refractivity contribution in [2.24, 2.45) is 0 Å². The van der Waals surface area contributed by atoms with E-state index in [9.17, 15) is 0 Å². The van der Waals surface area contributed by atoms with E-state index in [4.69, 9.17) is 0 Å². The van der Waals surface area contributed by atoms with E-state index in [2.05, 4.69) is 56.6 Å². The molecule has 1 aromatic carbocycles. The van der Waals surface area contributed by atoms with Gasteiger partial charge in [-0.2, -0.15) is 0 Å². The molecule has 2 heterocycles. The van der Waals surface area contributed by atoms with Crippen molar-refractivity contribution in [1.29, 1.82) is 0 Å². The molecular weight excluding hydrogens is 260 g/mol. The smallest absolute Gasteiger partial charge is 0.134 e. The van der Waals surface area contributed by atoms with Gasteiger partial charge in [0.25, 0.3) is 0 Å². The Labute approximate surface area is 126 Å². The fraction of sp³-hybridized carbons (Fsp3) is 0.412. The lowest BCUT2D eigenvalue weighted by Crippen LogP contribution is -2.19. The second-order valence-electron chi connectivity index (χ2n) is 5.47. The first-order valence-electron chi connectivity index (χ1n) is 7.76. The molecule has 0 saturated carbocycles. The SMILES string of the molecule is c1ccc(CCCNc2cc(N3CCCC3)ncn2)cc1. The van der Waals surface area contributed by atoms with Gasteiger partial charge in [-0.05, 0) is 31.2 Å². The summed E-state index contributed by atoms with van der Waals surface area (Å²) >= 11 is 0. The van der Waals surface area contributed by atoms with Crippen LogP contribution < -0.4 is 10.2 Å². The van der Waals surface area contributed by atoms with Crippen LogP contribution in [0.1, 0.15) is 24.8 Å². The first-order chi connectivity index (χ1) is 10.4. The zero-order chi connectivity index (χ0) is 14.3. The molecule has 1 fully saturated rings. The number of anilines is 2. The zero-order valence-corrected chi connectivity index (χ0v) is 12.3. The Morgan fingerprint density at radius 1 is 1.05 bits per heavy atom. The molecule has 0 atom stereocenters. The fourth-order valence-electron chi connectivity index (χ4n) is 2.72. The Morgan fingerprint density at radius 3 is 2.67 bits per heavy atom. The molecule has 0 aliphatic carbocycles. The third-order valence-corrected chi connectivity index (χ3v) is 3.87. The van der Waals surface area contributed by atoms with Crippen LogP contribution in [0.15, 0.2) is 42.7 Å². The summed E-state index contributed by atoms with van der Waals surface area (Å²) < 4.78 is 0. The van der Waals surface area contributed by atoms with E-state index in [0.717, 1.165) is 44.1 Å². The second-order valence-corrected chi connectivity index (χ2v) is 5.47. The predicted octanol–water partition coefficient (Wildman–Crippen LogP) is 3.12. The Hall–Kier alpha value is -2.10. The Balaban J connectivity index is 1.48. The number of nitrogens with one attached hydrogen (secondary N) is 1. The number of nitrogens with zero attached hydrogens (tertiary/aromatic N) is 3. The molecule has 21 heavy (non-hydrogen) atoms. The molecule has 1 N–H and O–H groups in total. The van der Waals surface area contributed by atoms with Crippen LogP contribution in [0.3, 0.4) is 0 Å². The largest absolute Gasteiger partial charge is 0.370 e. The highest BCUT2D eigenvalue weighted by Gasteiger charge is 2.13. The first kappa shape index (κ1) is 13.9. The highest BCUT2D eigenvalue weighted by molar-refractivity contribution is 5.48. The summed E-state index contributed by atoms with van der Waals surface area (Å²) in [4.78, 5) is 11.0. The van der Waals surface area contributed by atoms with E-state index >= 15 is 0 Å². The van der Waals surface area contributed by atoms with Crippen LogP contribution in [0.25, 0.3) is 0 Å². The molecule has 0 unspecified atom stereocenters. The standard InChI is InChI=1S/C17H22N4/c1-2-7-15(8-3-1)9-6-10-18-16-13-17(20-14-19-16)21-11-4-5-12-21/h1-3,7-8,13-14H,4-6,9-12H2,(H,18,19,20). The van der Waals surface area contributed by atoms with Crippen molar-refractivity contribution in [3.8, 4) is 0 Å². The number of aryl methyl sites for hydroxylation is 1. The average molecular weight is 282 g/mol. The van der Waals surface area contributed by atoms with Crippen LogP contribution in [0, 0.1) is 0 Å². The van der Waals surface area contributed by atoms with E-state index in [-0.39, 0.29) is 0 Å². The van der Waals surface area contributed by atoms with Crippen molar-refractivity contribution in [3.63, 3.8) is 0 Å². The number of benzene rings is 1. The van der Waals surface area contributed by atoms with Gasteiger partial charge in [-0.15, -0.1) is 0 Å². The van der Waals surface area contributed by atoms with Crippen molar-refractivity contribution >= 4 is 11.6 Å². The van der Waals surface area contributed by atoms with Gasteiger partial charge in [-0.1, -0.05) is 30.3 Å². The average Bonchev–Trinajstić information content (AvgIpc) is 3.07. The minimum Gasteiger partial charge on any atom is -0.370 e. The molecule has 1 aliphatic rings. The van der Waals surface area contributed by atoms with Gasteiger partial charge in [-0.25, -0.2) is 9.97 Å². The molecular formula is C17H22N4. The van der Waals surface area contributed by atoms with Gasteiger partial charge in [0.1, 0.15) is 18.0 Å². The summed E-state index contributed by atoms with van der Waals surface area (Å²) in [7, 11) is 0. The monoisotopic (exact) mass is 282 g/mol. The molecule has 110 valence electrons. The Morgan fingerprint density at radius 2 is 1.86 bits per heavy atom. The van der Waals surface area contributed by atoms with Gasteiger partial charge >= 0.3 is 0 Å². The highest BCUT2D eigenvalue weighted by atomic mass is 15.2. The highest BCUT2D eigenvalue weighted by Crippen LogP contribution is 2.19. The van der Waals surface area contributed by atoms with Gasteiger partial charge in [0.2, 0.25) is 0 Å². The number of rotatable bonds is 6. The summed E-state index contributed by atoms with van der Waals surface area (Å²) in [6.45, 7) is 3.17. The van der Waals surface area contributed by atoms with Crippen molar-refractivity contribution in [2.75, 3.05) is 29.9 Å². The third kappa shape index (κ3) is 3.94. The molecule has 2 aromatic rings. The van der Waals surface area contributed by atoms with Crippen LogP contribution in [-0.2, 0) is 6.42 Å². The van der Waals surface area contributed by atoms with Gasteiger partial charge in [0, 0.05) is 25.7 Å². The summed E-state index contributed by atoms with van der Waals surface area (Å²) in [5.74, 6) is 1.98. The molecule has 1 aliphatic heterocycles.